The lowest BCUT2D eigenvalue weighted by Gasteiger charge is -2.59. The van der Waals surface area contributed by atoms with Crippen molar-refractivity contribution in [2.75, 3.05) is 0 Å². The maximum Gasteiger partial charge on any atom is -0.00826 e. The van der Waals surface area contributed by atoms with Gasteiger partial charge in [0.1, 0.15) is 0 Å². The van der Waals surface area contributed by atoms with Crippen LogP contribution in [0.4, 0.5) is 0 Å². The van der Waals surface area contributed by atoms with Gasteiger partial charge in [-0.25, -0.2) is 0 Å². The fourth-order valence-electron chi connectivity index (χ4n) is 7.47. The van der Waals surface area contributed by atoms with E-state index in [4.69, 9.17) is 0 Å². The second kappa shape index (κ2) is 4.62. The van der Waals surface area contributed by atoms with Gasteiger partial charge in [-0.1, -0.05) is 39.3 Å². The minimum absolute atomic E-state index is 0.563. The van der Waals surface area contributed by atoms with E-state index >= 15 is 0 Å². The summed E-state index contributed by atoms with van der Waals surface area (Å²) in [6.45, 7) is 10.4. The minimum atomic E-state index is 0.563. The second-order valence-electron chi connectivity index (χ2n) is 9.51. The van der Waals surface area contributed by atoms with Crippen LogP contribution in [0.25, 0.3) is 0 Å². The van der Waals surface area contributed by atoms with E-state index in [0.717, 1.165) is 29.6 Å². The predicted molar refractivity (Wildman–Crippen MR) is 90.0 cm³/mol. The standard InChI is InChI=1S/C21H34/c1-14-13-16-18-9-8-15(2)20(18,3)12-10-19(16)21(4)11-6-5-7-17(14)21/h7,14-16,18-19H,5-6,8-13H2,1-4H3/t14-,15-,16-,18-,19-,20+,21-/m0/s1. The topological polar surface area (TPSA) is 0 Å². The van der Waals surface area contributed by atoms with Crippen molar-refractivity contribution in [1.29, 1.82) is 0 Å². The molecule has 0 nitrogen and oxygen atoms in total. The Hall–Kier alpha value is -0.260. The Morgan fingerprint density at radius 1 is 1.00 bits per heavy atom. The van der Waals surface area contributed by atoms with Crippen molar-refractivity contribution in [2.24, 2.45) is 40.4 Å². The molecule has 0 aromatic heterocycles. The Balaban J connectivity index is 1.72. The third-order valence-electron chi connectivity index (χ3n) is 8.81. The first-order valence-electron chi connectivity index (χ1n) is 9.67. The van der Waals surface area contributed by atoms with Gasteiger partial charge in [0.05, 0.1) is 0 Å². The maximum absolute atomic E-state index is 2.65. The molecule has 7 atom stereocenters. The zero-order chi connectivity index (χ0) is 14.8. The van der Waals surface area contributed by atoms with Crippen molar-refractivity contribution < 1.29 is 0 Å². The maximum atomic E-state index is 2.65. The normalized spacial score (nSPS) is 56.2. The summed E-state index contributed by atoms with van der Waals surface area (Å²) >= 11 is 0. The van der Waals surface area contributed by atoms with Gasteiger partial charge >= 0.3 is 0 Å². The molecule has 0 unspecified atom stereocenters. The van der Waals surface area contributed by atoms with Gasteiger partial charge < -0.3 is 0 Å². The van der Waals surface area contributed by atoms with Crippen LogP contribution in [0, 0.1) is 40.4 Å². The van der Waals surface area contributed by atoms with E-state index in [1.54, 1.807) is 0 Å². The largest absolute Gasteiger partial charge is 0.0845 e. The monoisotopic (exact) mass is 286 g/mol. The highest BCUT2D eigenvalue weighted by atomic mass is 14.6. The van der Waals surface area contributed by atoms with Gasteiger partial charge in [0, 0.05) is 0 Å². The zero-order valence-corrected chi connectivity index (χ0v) is 14.6. The summed E-state index contributed by atoms with van der Waals surface area (Å²) in [4.78, 5) is 0. The molecular formula is C21H34. The molecule has 4 rings (SSSR count). The second-order valence-corrected chi connectivity index (χ2v) is 9.51. The van der Waals surface area contributed by atoms with Crippen molar-refractivity contribution in [1.82, 2.24) is 0 Å². The van der Waals surface area contributed by atoms with Crippen LogP contribution in [0.2, 0.25) is 0 Å². The van der Waals surface area contributed by atoms with Gasteiger partial charge in [-0.2, -0.15) is 0 Å². The molecular weight excluding hydrogens is 252 g/mol. The molecule has 4 aliphatic rings. The lowest BCUT2D eigenvalue weighted by Crippen LogP contribution is -2.51. The highest BCUT2D eigenvalue weighted by Crippen LogP contribution is 2.67. The minimum Gasteiger partial charge on any atom is -0.0845 e. The van der Waals surface area contributed by atoms with E-state index in [-0.39, 0.29) is 0 Å². The Morgan fingerprint density at radius 3 is 2.62 bits per heavy atom. The van der Waals surface area contributed by atoms with Crippen molar-refractivity contribution in [3.8, 4) is 0 Å². The van der Waals surface area contributed by atoms with Gasteiger partial charge in [-0.15, -0.1) is 0 Å². The van der Waals surface area contributed by atoms with Gasteiger partial charge in [0.15, 0.2) is 0 Å². The van der Waals surface area contributed by atoms with Crippen molar-refractivity contribution in [3.63, 3.8) is 0 Å². The molecule has 0 bridgehead atoms. The van der Waals surface area contributed by atoms with Gasteiger partial charge in [0.2, 0.25) is 0 Å². The highest BCUT2D eigenvalue weighted by molar-refractivity contribution is 5.25. The van der Waals surface area contributed by atoms with E-state index in [2.05, 4.69) is 33.8 Å². The number of rotatable bonds is 0. The van der Waals surface area contributed by atoms with E-state index in [9.17, 15) is 0 Å². The SMILES string of the molecule is C[C@H]1C[C@H]2[C@@H]3CC[C@H](C)[C@@]3(C)CC[C@@H]2[C@@]2(C)CCCC=C12. The molecule has 0 heteroatoms. The first-order valence-corrected chi connectivity index (χ1v) is 9.67. The first-order chi connectivity index (χ1) is 9.97. The van der Waals surface area contributed by atoms with E-state index < -0.39 is 0 Å². The lowest BCUT2D eigenvalue weighted by molar-refractivity contribution is -0.0590. The van der Waals surface area contributed by atoms with Gasteiger partial charge in [-0.3, -0.25) is 0 Å². The Bertz CT molecular complexity index is 461. The Kier molecular flexibility index (Phi) is 3.15. The fraction of sp³-hybridized carbons (Fsp3) is 0.905. The average molecular weight is 287 g/mol. The van der Waals surface area contributed by atoms with Crippen LogP contribution in [0.5, 0.6) is 0 Å². The molecule has 0 heterocycles. The van der Waals surface area contributed by atoms with Crippen LogP contribution in [0.15, 0.2) is 11.6 Å². The molecule has 0 saturated heterocycles. The van der Waals surface area contributed by atoms with Crippen molar-refractivity contribution in [3.05, 3.63) is 11.6 Å². The summed E-state index contributed by atoms with van der Waals surface area (Å²) < 4.78 is 0. The molecule has 0 amide bonds. The quantitative estimate of drug-likeness (QED) is 0.464. The fourth-order valence-corrected chi connectivity index (χ4v) is 7.47. The Morgan fingerprint density at radius 2 is 1.81 bits per heavy atom. The molecule has 21 heavy (non-hydrogen) atoms. The number of hydrogen-bond acceptors (Lipinski definition) is 0. The van der Waals surface area contributed by atoms with E-state index in [0.29, 0.717) is 10.8 Å². The smallest absolute Gasteiger partial charge is 0.00826 e. The van der Waals surface area contributed by atoms with E-state index in [1.807, 2.05) is 5.57 Å². The van der Waals surface area contributed by atoms with Crippen LogP contribution >= 0.6 is 0 Å². The molecule has 0 N–H and O–H groups in total. The molecule has 0 aliphatic heterocycles. The summed E-state index contributed by atoms with van der Waals surface area (Å²) in [5.41, 5.74) is 3.10. The summed E-state index contributed by atoms with van der Waals surface area (Å²) in [5, 5.41) is 0. The van der Waals surface area contributed by atoms with Gasteiger partial charge in [0.25, 0.3) is 0 Å². The number of allylic oxidation sites excluding steroid dienone is 2. The molecule has 0 aromatic rings. The molecule has 118 valence electrons. The molecule has 0 spiro atoms. The van der Waals surface area contributed by atoms with Crippen LogP contribution in [0.1, 0.15) is 79.1 Å². The summed E-state index contributed by atoms with van der Waals surface area (Å²) in [7, 11) is 0. The first kappa shape index (κ1) is 14.3. The molecule has 0 radical (unpaired) electrons. The van der Waals surface area contributed by atoms with Crippen molar-refractivity contribution in [2.45, 2.75) is 79.1 Å². The predicted octanol–water partition coefficient (Wildman–Crippen LogP) is 6.22. The number of fused-ring (bicyclic) bond motifs is 5. The van der Waals surface area contributed by atoms with Gasteiger partial charge in [-0.05, 0) is 91.8 Å². The highest BCUT2D eigenvalue weighted by Gasteiger charge is 2.58. The van der Waals surface area contributed by atoms with Crippen LogP contribution in [-0.2, 0) is 0 Å². The van der Waals surface area contributed by atoms with Crippen LogP contribution in [0.3, 0.4) is 0 Å². The molecule has 3 saturated carbocycles. The van der Waals surface area contributed by atoms with Crippen LogP contribution < -0.4 is 0 Å². The molecule has 4 aliphatic carbocycles. The molecule has 3 fully saturated rings. The van der Waals surface area contributed by atoms with E-state index in [1.165, 1.54) is 51.4 Å². The lowest BCUT2D eigenvalue weighted by atomic mass is 9.45. The third kappa shape index (κ3) is 1.80. The van der Waals surface area contributed by atoms with Crippen LogP contribution in [-0.4, -0.2) is 0 Å². The Labute approximate surface area is 131 Å². The summed E-state index contributed by atoms with van der Waals surface area (Å²) in [6, 6.07) is 0. The third-order valence-corrected chi connectivity index (χ3v) is 8.81. The number of hydrogen-bond donors (Lipinski definition) is 0. The molecule has 0 aromatic carbocycles. The summed E-state index contributed by atoms with van der Waals surface area (Å²) in [5.74, 6) is 4.89. The average Bonchev–Trinajstić information content (AvgIpc) is 2.75. The van der Waals surface area contributed by atoms with Crippen molar-refractivity contribution >= 4 is 0 Å². The zero-order valence-electron chi connectivity index (χ0n) is 14.6. The summed E-state index contributed by atoms with van der Waals surface area (Å²) in [6.07, 6.45) is 14.5.